The zero-order valence-electron chi connectivity index (χ0n) is 14.1. The second kappa shape index (κ2) is 7.90. The van der Waals surface area contributed by atoms with E-state index in [2.05, 4.69) is 5.32 Å². The van der Waals surface area contributed by atoms with Crippen LogP contribution in [0.5, 0.6) is 5.75 Å². The minimum Gasteiger partial charge on any atom is -0.497 e. The van der Waals surface area contributed by atoms with Gasteiger partial charge in [0.1, 0.15) is 12.3 Å². The number of hydrogen-bond donors (Lipinski definition) is 1. The second-order valence-electron chi connectivity index (χ2n) is 5.40. The number of amides is 2. The summed E-state index contributed by atoms with van der Waals surface area (Å²) in [5, 5.41) is 2.54. The van der Waals surface area contributed by atoms with Crippen molar-refractivity contribution in [2.45, 2.75) is 13.1 Å². The first-order chi connectivity index (χ1) is 12.2. The summed E-state index contributed by atoms with van der Waals surface area (Å²) < 4.78 is 44.5. The van der Waals surface area contributed by atoms with Crippen molar-refractivity contribution in [2.75, 3.05) is 23.9 Å². The zero-order valence-corrected chi connectivity index (χ0v) is 14.1. The molecule has 0 radical (unpaired) electrons. The van der Waals surface area contributed by atoms with Crippen molar-refractivity contribution in [1.82, 2.24) is 0 Å². The van der Waals surface area contributed by atoms with Gasteiger partial charge in [0, 0.05) is 12.6 Å². The molecule has 0 heterocycles. The summed E-state index contributed by atoms with van der Waals surface area (Å²) in [7, 11) is 1.50. The molecular weight excluding hydrogens is 349 g/mol. The fourth-order valence-corrected chi connectivity index (χ4v) is 2.33. The third-order valence-corrected chi connectivity index (χ3v) is 3.56. The van der Waals surface area contributed by atoms with Crippen LogP contribution in [-0.2, 0) is 15.8 Å². The molecule has 8 heteroatoms. The molecule has 2 aromatic carbocycles. The maximum absolute atomic E-state index is 13.2. The van der Waals surface area contributed by atoms with Crippen LogP contribution in [0.1, 0.15) is 12.5 Å². The summed E-state index contributed by atoms with van der Waals surface area (Å²) >= 11 is 0. The number of nitrogens with one attached hydrogen (secondary N) is 1. The van der Waals surface area contributed by atoms with Crippen LogP contribution in [-0.4, -0.2) is 25.5 Å². The molecule has 2 amide bonds. The molecule has 0 saturated carbocycles. The molecule has 2 rings (SSSR count). The van der Waals surface area contributed by atoms with Gasteiger partial charge in [-0.25, -0.2) is 0 Å². The van der Waals surface area contributed by atoms with E-state index in [1.807, 2.05) is 0 Å². The van der Waals surface area contributed by atoms with Crippen molar-refractivity contribution in [2.24, 2.45) is 0 Å². The van der Waals surface area contributed by atoms with Crippen LogP contribution in [0.4, 0.5) is 24.5 Å². The van der Waals surface area contributed by atoms with Gasteiger partial charge in [-0.05, 0) is 36.4 Å². The van der Waals surface area contributed by atoms with Crippen molar-refractivity contribution in [3.8, 4) is 5.75 Å². The number of methoxy groups -OCH3 is 1. The van der Waals surface area contributed by atoms with E-state index in [0.29, 0.717) is 11.4 Å². The number of alkyl halides is 3. The van der Waals surface area contributed by atoms with E-state index < -0.39 is 30.1 Å². The van der Waals surface area contributed by atoms with E-state index in [1.165, 1.54) is 19.2 Å². The standard InChI is InChI=1S/C18H17F3N2O3/c1-12(24)23(16-6-4-3-5-15(16)18(19,20)21)11-17(25)22-13-7-9-14(26-2)10-8-13/h3-10H,11H2,1-2H3,(H,22,25). The van der Waals surface area contributed by atoms with Crippen LogP contribution in [0.15, 0.2) is 48.5 Å². The van der Waals surface area contributed by atoms with Gasteiger partial charge in [0.2, 0.25) is 11.8 Å². The Labute approximate surface area is 148 Å². The number of ether oxygens (including phenoxy) is 1. The Morgan fingerprint density at radius 2 is 1.69 bits per heavy atom. The van der Waals surface area contributed by atoms with Crippen molar-refractivity contribution in [3.05, 3.63) is 54.1 Å². The molecule has 138 valence electrons. The monoisotopic (exact) mass is 366 g/mol. The summed E-state index contributed by atoms with van der Waals surface area (Å²) in [4.78, 5) is 24.8. The van der Waals surface area contributed by atoms with Crippen molar-refractivity contribution in [3.63, 3.8) is 0 Å². The van der Waals surface area contributed by atoms with E-state index in [1.54, 1.807) is 24.3 Å². The van der Waals surface area contributed by atoms with Crippen molar-refractivity contribution >= 4 is 23.2 Å². The van der Waals surface area contributed by atoms with Crippen LogP contribution in [0.3, 0.4) is 0 Å². The fourth-order valence-electron chi connectivity index (χ4n) is 2.33. The maximum atomic E-state index is 13.2. The van der Waals surface area contributed by atoms with Crippen LogP contribution < -0.4 is 15.0 Å². The number of anilines is 2. The minimum atomic E-state index is -4.64. The van der Waals surface area contributed by atoms with E-state index in [-0.39, 0.29) is 5.69 Å². The van der Waals surface area contributed by atoms with E-state index in [9.17, 15) is 22.8 Å². The molecule has 0 unspecified atom stereocenters. The molecule has 0 aliphatic carbocycles. The lowest BCUT2D eigenvalue weighted by Gasteiger charge is -2.24. The van der Waals surface area contributed by atoms with Gasteiger partial charge in [-0.3, -0.25) is 9.59 Å². The molecule has 2 aromatic rings. The molecule has 0 spiro atoms. The number of para-hydroxylation sites is 1. The highest BCUT2D eigenvalue weighted by Crippen LogP contribution is 2.36. The Hall–Kier alpha value is -3.03. The lowest BCUT2D eigenvalue weighted by atomic mass is 10.1. The van der Waals surface area contributed by atoms with Gasteiger partial charge < -0.3 is 15.0 Å². The number of hydrogen-bond acceptors (Lipinski definition) is 3. The smallest absolute Gasteiger partial charge is 0.418 e. The highest BCUT2D eigenvalue weighted by molar-refractivity contribution is 6.02. The van der Waals surface area contributed by atoms with Gasteiger partial charge in [0.25, 0.3) is 0 Å². The largest absolute Gasteiger partial charge is 0.497 e. The molecule has 0 saturated heterocycles. The molecule has 0 fully saturated rings. The van der Waals surface area contributed by atoms with Gasteiger partial charge >= 0.3 is 6.18 Å². The SMILES string of the molecule is COc1ccc(NC(=O)CN(C(C)=O)c2ccccc2C(F)(F)F)cc1. The zero-order chi connectivity index (χ0) is 19.3. The van der Waals surface area contributed by atoms with Gasteiger partial charge in [-0.1, -0.05) is 12.1 Å². The molecule has 5 nitrogen and oxygen atoms in total. The lowest BCUT2D eigenvalue weighted by molar-refractivity contribution is -0.137. The van der Waals surface area contributed by atoms with Crippen molar-refractivity contribution in [1.29, 1.82) is 0 Å². The molecule has 0 aliphatic rings. The number of carbonyl (C=O) groups is 2. The quantitative estimate of drug-likeness (QED) is 0.878. The molecular formula is C18H17F3N2O3. The molecule has 0 atom stereocenters. The van der Waals surface area contributed by atoms with Crippen LogP contribution >= 0.6 is 0 Å². The second-order valence-corrected chi connectivity index (χ2v) is 5.40. The lowest BCUT2D eigenvalue weighted by Crippen LogP contribution is -2.37. The highest BCUT2D eigenvalue weighted by atomic mass is 19.4. The molecule has 1 N–H and O–H groups in total. The predicted molar refractivity (Wildman–Crippen MR) is 91.1 cm³/mol. The van der Waals surface area contributed by atoms with Crippen LogP contribution in [0.2, 0.25) is 0 Å². The van der Waals surface area contributed by atoms with Crippen LogP contribution in [0, 0.1) is 0 Å². The number of halogens is 3. The third-order valence-electron chi connectivity index (χ3n) is 3.56. The average molecular weight is 366 g/mol. The van der Waals surface area contributed by atoms with Gasteiger partial charge in [0.15, 0.2) is 0 Å². The predicted octanol–water partition coefficient (Wildman–Crippen LogP) is 3.71. The number of rotatable bonds is 5. The van der Waals surface area contributed by atoms with Gasteiger partial charge in [-0.15, -0.1) is 0 Å². The fraction of sp³-hybridized carbons (Fsp3) is 0.222. The van der Waals surface area contributed by atoms with E-state index in [0.717, 1.165) is 24.0 Å². The van der Waals surface area contributed by atoms with E-state index >= 15 is 0 Å². The Kier molecular flexibility index (Phi) is 5.86. The summed E-state index contributed by atoms with van der Waals surface area (Å²) in [5.41, 5.74) is -0.909. The normalized spacial score (nSPS) is 11.0. The Bertz CT molecular complexity index is 789. The molecule has 26 heavy (non-hydrogen) atoms. The summed E-state index contributed by atoms with van der Waals surface area (Å²) in [6.45, 7) is 0.558. The topological polar surface area (TPSA) is 58.6 Å². The Morgan fingerprint density at radius 3 is 2.23 bits per heavy atom. The maximum Gasteiger partial charge on any atom is 0.418 e. The third kappa shape index (κ3) is 4.75. The van der Waals surface area contributed by atoms with Gasteiger partial charge in [-0.2, -0.15) is 13.2 Å². The molecule has 0 aromatic heterocycles. The minimum absolute atomic E-state index is 0.364. The first kappa shape index (κ1) is 19.3. The van der Waals surface area contributed by atoms with E-state index in [4.69, 9.17) is 4.74 Å². The molecule has 0 bridgehead atoms. The molecule has 0 aliphatic heterocycles. The first-order valence-electron chi connectivity index (χ1n) is 7.60. The summed E-state index contributed by atoms with van der Waals surface area (Å²) in [6.07, 6.45) is -4.64. The average Bonchev–Trinajstić information content (AvgIpc) is 2.59. The highest BCUT2D eigenvalue weighted by Gasteiger charge is 2.35. The number of nitrogens with zero attached hydrogens (tertiary/aromatic N) is 1. The van der Waals surface area contributed by atoms with Gasteiger partial charge in [0.05, 0.1) is 18.4 Å². The first-order valence-corrected chi connectivity index (χ1v) is 7.60. The number of benzene rings is 2. The summed E-state index contributed by atoms with van der Waals surface area (Å²) in [6, 6.07) is 11.0. The summed E-state index contributed by atoms with van der Waals surface area (Å²) in [5.74, 6) is -0.707. The Balaban J connectivity index is 2.21. The van der Waals surface area contributed by atoms with Crippen molar-refractivity contribution < 1.29 is 27.5 Å². The number of carbonyl (C=O) groups excluding carboxylic acids is 2. The Morgan fingerprint density at radius 1 is 1.08 bits per heavy atom. The van der Waals surface area contributed by atoms with Crippen LogP contribution in [0.25, 0.3) is 0 Å².